The maximum absolute atomic E-state index is 13.9. The molecular weight excluding hydrogens is 526 g/mol. The number of carbonyl (C=O) groups excluding carboxylic acids is 3. The third kappa shape index (κ3) is 6.46. The Hall–Kier alpha value is -4.11. The first-order chi connectivity index (χ1) is 19.7. The smallest absolute Gasteiger partial charge is 0.337 e. The molecule has 2 aromatic rings. The Labute approximate surface area is 240 Å². The first kappa shape index (κ1) is 29.9. The van der Waals surface area contributed by atoms with E-state index in [2.05, 4.69) is 5.32 Å². The molecule has 218 valence electrons. The van der Waals surface area contributed by atoms with Crippen LogP contribution in [0.1, 0.15) is 66.9 Å². The van der Waals surface area contributed by atoms with E-state index < -0.39 is 17.9 Å². The second kappa shape index (κ2) is 13.0. The molecule has 1 heterocycles. The van der Waals surface area contributed by atoms with Crippen molar-refractivity contribution in [2.75, 3.05) is 34.5 Å². The highest BCUT2D eigenvalue weighted by Crippen LogP contribution is 2.46. The molecule has 0 amide bonds. The van der Waals surface area contributed by atoms with Crippen LogP contribution < -0.4 is 14.8 Å². The van der Waals surface area contributed by atoms with E-state index in [-0.39, 0.29) is 37.4 Å². The van der Waals surface area contributed by atoms with Crippen LogP contribution in [0, 0.1) is 0 Å². The molecule has 9 nitrogen and oxygen atoms in total. The minimum Gasteiger partial charge on any atom is -0.493 e. The van der Waals surface area contributed by atoms with Gasteiger partial charge < -0.3 is 29.0 Å². The van der Waals surface area contributed by atoms with Crippen LogP contribution in [0.5, 0.6) is 11.5 Å². The predicted molar refractivity (Wildman–Crippen MR) is 152 cm³/mol. The zero-order chi connectivity index (χ0) is 29.7. The largest absolute Gasteiger partial charge is 0.493 e. The zero-order valence-electron chi connectivity index (χ0n) is 24.4. The minimum atomic E-state index is -0.657. The van der Waals surface area contributed by atoms with E-state index in [9.17, 15) is 14.4 Å². The van der Waals surface area contributed by atoms with Crippen molar-refractivity contribution >= 4 is 17.7 Å². The molecule has 0 fully saturated rings. The van der Waals surface area contributed by atoms with Crippen molar-refractivity contribution in [1.29, 1.82) is 0 Å². The molecule has 2 atom stereocenters. The number of esters is 2. The molecule has 9 heteroatoms. The number of hydrogen-bond donors (Lipinski definition) is 1. The molecule has 0 unspecified atom stereocenters. The van der Waals surface area contributed by atoms with E-state index in [0.29, 0.717) is 45.9 Å². The summed E-state index contributed by atoms with van der Waals surface area (Å²) in [7, 11) is 4.48. The lowest BCUT2D eigenvalue weighted by Crippen LogP contribution is -2.36. The van der Waals surface area contributed by atoms with Gasteiger partial charge in [0.05, 0.1) is 45.2 Å². The molecule has 41 heavy (non-hydrogen) atoms. The first-order valence-corrected chi connectivity index (χ1v) is 13.6. The molecule has 0 radical (unpaired) electrons. The number of hydrogen-bond acceptors (Lipinski definition) is 9. The molecule has 0 spiro atoms. The lowest BCUT2D eigenvalue weighted by Gasteiger charge is -2.36. The van der Waals surface area contributed by atoms with Crippen LogP contribution in [0.3, 0.4) is 0 Å². The average molecular weight is 564 g/mol. The maximum atomic E-state index is 13.9. The van der Waals surface area contributed by atoms with E-state index in [1.807, 2.05) is 39.0 Å². The van der Waals surface area contributed by atoms with E-state index in [4.69, 9.17) is 23.7 Å². The molecular formula is C32H37NO8. The van der Waals surface area contributed by atoms with Gasteiger partial charge in [-0.1, -0.05) is 18.2 Å². The number of ether oxygens (including phenoxy) is 5. The summed E-state index contributed by atoms with van der Waals surface area (Å²) in [5.41, 5.74) is 4.30. The van der Waals surface area contributed by atoms with Crippen LogP contribution in [-0.4, -0.2) is 58.4 Å². The van der Waals surface area contributed by atoms with Crippen molar-refractivity contribution in [1.82, 2.24) is 5.32 Å². The first-order valence-electron chi connectivity index (χ1n) is 13.6. The van der Waals surface area contributed by atoms with E-state index in [0.717, 1.165) is 11.3 Å². The normalized spacial score (nSPS) is 18.6. The molecule has 0 bridgehead atoms. The van der Waals surface area contributed by atoms with Crippen LogP contribution in [0.4, 0.5) is 0 Å². The number of allylic oxidation sites excluding steroid dienone is 3. The Morgan fingerprint density at radius 1 is 0.902 bits per heavy atom. The van der Waals surface area contributed by atoms with Gasteiger partial charge in [-0.3, -0.25) is 4.79 Å². The van der Waals surface area contributed by atoms with Gasteiger partial charge in [0.1, 0.15) is 6.61 Å². The highest BCUT2D eigenvalue weighted by molar-refractivity contribution is 6.04. The Morgan fingerprint density at radius 2 is 1.59 bits per heavy atom. The van der Waals surface area contributed by atoms with Gasteiger partial charge in [0, 0.05) is 29.3 Å². The topological polar surface area (TPSA) is 109 Å². The number of dihydropyridines is 1. The fourth-order valence-electron chi connectivity index (χ4n) is 5.41. The summed E-state index contributed by atoms with van der Waals surface area (Å²) < 4.78 is 26.8. The summed E-state index contributed by atoms with van der Waals surface area (Å²) in [5, 5.41) is 3.35. The lowest BCUT2D eigenvalue weighted by atomic mass is 9.71. The van der Waals surface area contributed by atoms with Crippen molar-refractivity contribution in [2.24, 2.45) is 0 Å². The van der Waals surface area contributed by atoms with Crippen LogP contribution in [0.2, 0.25) is 0 Å². The highest BCUT2D eigenvalue weighted by Gasteiger charge is 2.41. The molecule has 4 rings (SSSR count). The number of ketones is 1. The average Bonchev–Trinajstić information content (AvgIpc) is 2.97. The molecule has 2 aromatic carbocycles. The van der Waals surface area contributed by atoms with E-state index in [1.165, 1.54) is 7.11 Å². The Kier molecular flexibility index (Phi) is 9.50. The SMILES string of the molecule is COC(=O)c1ccc([C@@H]2C(C(=O)OCCOC(C)C)=C(C)NC3=C2C(=O)C[C@H](c2ccc(OC)c(OC)c2)C3)cc1. The van der Waals surface area contributed by atoms with Crippen molar-refractivity contribution in [2.45, 2.75) is 51.6 Å². The molecule has 1 aliphatic carbocycles. The quantitative estimate of drug-likeness (QED) is 0.321. The zero-order valence-corrected chi connectivity index (χ0v) is 24.4. The van der Waals surface area contributed by atoms with Gasteiger partial charge in [0.15, 0.2) is 17.3 Å². The van der Waals surface area contributed by atoms with Crippen LogP contribution in [-0.2, 0) is 23.8 Å². The van der Waals surface area contributed by atoms with Gasteiger partial charge in [-0.05, 0) is 68.5 Å². The van der Waals surface area contributed by atoms with Gasteiger partial charge >= 0.3 is 11.9 Å². The van der Waals surface area contributed by atoms with Crippen LogP contribution in [0.25, 0.3) is 0 Å². The molecule has 0 saturated heterocycles. The fourth-order valence-corrected chi connectivity index (χ4v) is 5.41. The van der Waals surface area contributed by atoms with E-state index >= 15 is 0 Å². The third-order valence-corrected chi connectivity index (χ3v) is 7.36. The monoisotopic (exact) mass is 563 g/mol. The summed E-state index contributed by atoms with van der Waals surface area (Å²) in [6.45, 7) is 5.98. The van der Waals surface area contributed by atoms with Crippen molar-refractivity contribution < 1.29 is 38.1 Å². The highest BCUT2D eigenvalue weighted by atomic mass is 16.6. The second-order valence-corrected chi connectivity index (χ2v) is 10.3. The van der Waals surface area contributed by atoms with Gasteiger partial charge in [0.25, 0.3) is 0 Å². The lowest BCUT2D eigenvalue weighted by molar-refractivity contribution is -0.141. The third-order valence-electron chi connectivity index (χ3n) is 7.36. The Bertz CT molecular complexity index is 1370. The number of nitrogens with one attached hydrogen (secondary N) is 1. The Balaban J connectivity index is 1.71. The van der Waals surface area contributed by atoms with Crippen LogP contribution in [0.15, 0.2) is 65.0 Å². The maximum Gasteiger partial charge on any atom is 0.337 e. The van der Waals surface area contributed by atoms with Gasteiger partial charge in [-0.2, -0.15) is 0 Å². The summed E-state index contributed by atoms with van der Waals surface area (Å²) >= 11 is 0. The van der Waals surface area contributed by atoms with Crippen LogP contribution >= 0.6 is 0 Å². The standard InChI is InChI=1S/C32H37NO8/c1-18(2)40-13-14-41-32(36)28-19(3)33-24-15-23(22-11-12-26(37-4)27(17-22)38-5)16-25(34)30(24)29(28)20-7-9-21(10-8-20)31(35)39-6/h7-12,17-18,23,29,33H,13-16H2,1-6H3/t23-,29-/m1/s1. The molecule has 0 aromatic heterocycles. The molecule has 0 saturated carbocycles. The summed E-state index contributed by atoms with van der Waals surface area (Å²) in [6, 6.07) is 12.5. The summed E-state index contributed by atoms with van der Waals surface area (Å²) in [5.74, 6) is -0.594. The second-order valence-electron chi connectivity index (χ2n) is 10.3. The van der Waals surface area contributed by atoms with Gasteiger partial charge in [-0.15, -0.1) is 0 Å². The Morgan fingerprint density at radius 3 is 2.22 bits per heavy atom. The number of methoxy groups -OCH3 is 3. The van der Waals surface area contributed by atoms with Gasteiger partial charge in [-0.25, -0.2) is 9.59 Å². The van der Waals surface area contributed by atoms with Gasteiger partial charge in [0.2, 0.25) is 0 Å². The van der Waals surface area contributed by atoms with Crippen molar-refractivity contribution in [3.8, 4) is 11.5 Å². The molecule has 2 aliphatic rings. The summed E-state index contributed by atoms with van der Waals surface area (Å²) in [6.07, 6.45) is 0.837. The summed E-state index contributed by atoms with van der Waals surface area (Å²) in [4.78, 5) is 39.4. The molecule has 1 aliphatic heterocycles. The number of carbonyl (C=O) groups is 3. The van der Waals surface area contributed by atoms with Crippen molar-refractivity contribution in [3.05, 3.63) is 81.7 Å². The predicted octanol–water partition coefficient (Wildman–Crippen LogP) is 4.82. The fraction of sp³-hybridized carbons (Fsp3) is 0.406. The number of benzene rings is 2. The minimum absolute atomic E-state index is 0.0123. The number of rotatable bonds is 10. The number of Topliss-reactive ketones (excluding diaryl/α,β-unsaturated/α-hetero) is 1. The van der Waals surface area contributed by atoms with E-state index in [1.54, 1.807) is 38.5 Å². The molecule has 1 N–H and O–H groups in total. The van der Waals surface area contributed by atoms with Crippen molar-refractivity contribution in [3.63, 3.8) is 0 Å².